The summed E-state index contributed by atoms with van der Waals surface area (Å²) in [6, 6.07) is 1.78. The first-order valence-corrected chi connectivity index (χ1v) is 4.16. The molecule has 0 aliphatic heterocycles. The maximum absolute atomic E-state index is 5.70. The van der Waals surface area contributed by atoms with E-state index in [1.807, 2.05) is 0 Å². The lowest BCUT2D eigenvalue weighted by Gasteiger charge is -1.97. The molecule has 0 aromatic carbocycles. The number of hydrogen-bond donors (Lipinski definition) is 0. The lowest BCUT2D eigenvalue weighted by molar-refractivity contribution is 0.655. The standard InChI is InChI=1S/C8H7ClN4/c9-7-4-12-13(5-7)6-8-10-2-1-3-11-8/h1-5H,6H2. The predicted octanol–water partition coefficient (Wildman–Crippen LogP) is 1.37. The van der Waals surface area contributed by atoms with E-state index in [2.05, 4.69) is 15.1 Å². The fraction of sp³-hybridized carbons (Fsp3) is 0.125. The first-order valence-electron chi connectivity index (χ1n) is 3.78. The maximum Gasteiger partial charge on any atom is 0.149 e. The average Bonchev–Trinajstić information content (AvgIpc) is 2.53. The molecule has 0 amide bonds. The fourth-order valence-electron chi connectivity index (χ4n) is 0.981. The van der Waals surface area contributed by atoms with Crippen LogP contribution in [0.1, 0.15) is 5.82 Å². The molecule has 0 unspecified atom stereocenters. The SMILES string of the molecule is Clc1cnn(Cc2ncccn2)c1. The van der Waals surface area contributed by atoms with Crippen LogP contribution >= 0.6 is 11.6 Å². The molecule has 5 heteroatoms. The largest absolute Gasteiger partial charge is 0.264 e. The molecule has 0 atom stereocenters. The second-order valence-corrected chi connectivity index (χ2v) is 2.96. The lowest BCUT2D eigenvalue weighted by Crippen LogP contribution is -2.03. The fourth-order valence-corrected chi connectivity index (χ4v) is 1.14. The summed E-state index contributed by atoms with van der Waals surface area (Å²) in [4.78, 5) is 8.14. The van der Waals surface area contributed by atoms with Gasteiger partial charge in [0, 0.05) is 18.6 Å². The van der Waals surface area contributed by atoms with Crippen molar-refractivity contribution in [3.05, 3.63) is 41.7 Å². The summed E-state index contributed by atoms with van der Waals surface area (Å²) in [7, 11) is 0. The van der Waals surface area contributed by atoms with E-state index in [-0.39, 0.29) is 0 Å². The molecule has 0 spiro atoms. The quantitative estimate of drug-likeness (QED) is 0.726. The Morgan fingerprint density at radius 3 is 2.69 bits per heavy atom. The molecule has 2 rings (SSSR count). The van der Waals surface area contributed by atoms with Crippen LogP contribution in [-0.2, 0) is 6.54 Å². The molecule has 4 nitrogen and oxygen atoms in total. The average molecular weight is 195 g/mol. The van der Waals surface area contributed by atoms with E-state index in [1.54, 1.807) is 35.5 Å². The number of halogens is 1. The highest BCUT2D eigenvalue weighted by Crippen LogP contribution is 2.05. The molecule has 0 saturated heterocycles. The second-order valence-electron chi connectivity index (χ2n) is 2.52. The van der Waals surface area contributed by atoms with Crippen molar-refractivity contribution < 1.29 is 0 Å². The topological polar surface area (TPSA) is 43.6 Å². The van der Waals surface area contributed by atoms with Crippen molar-refractivity contribution in [1.82, 2.24) is 19.7 Å². The summed E-state index contributed by atoms with van der Waals surface area (Å²) < 4.78 is 1.69. The smallest absolute Gasteiger partial charge is 0.149 e. The minimum Gasteiger partial charge on any atom is -0.264 e. The molecule has 0 aliphatic carbocycles. The monoisotopic (exact) mass is 194 g/mol. The molecule has 2 aromatic heterocycles. The van der Waals surface area contributed by atoms with E-state index in [4.69, 9.17) is 11.6 Å². The Bertz CT molecular complexity index is 384. The van der Waals surface area contributed by atoms with Crippen LogP contribution in [0.25, 0.3) is 0 Å². The van der Waals surface area contributed by atoms with Gasteiger partial charge >= 0.3 is 0 Å². The summed E-state index contributed by atoms with van der Waals surface area (Å²) >= 11 is 5.70. The van der Waals surface area contributed by atoms with E-state index in [0.29, 0.717) is 11.6 Å². The van der Waals surface area contributed by atoms with Crippen molar-refractivity contribution in [3.8, 4) is 0 Å². The van der Waals surface area contributed by atoms with Gasteiger partial charge in [0.05, 0.1) is 11.2 Å². The van der Waals surface area contributed by atoms with Crippen molar-refractivity contribution in [2.45, 2.75) is 6.54 Å². The zero-order valence-corrected chi connectivity index (χ0v) is 7.52. The zero-order chi connectivity index (χ0) is 9.10. The first-order chi connectivity index (χ1) is 6.34. The van der Waals surface area contributed by atoms with Gasteiger partial charge < -0.3 is 0 Å². The van der Waals surface area contributed by atoms with Crippen molar-refractivity contribution in [3.63, 3.8) is 0 Å². The van der Waals surface area contributed by atoms with Crippen LogP contribution < -0.4 is 0 Å². The lowest BCUT2D eigenvalue weighted by atomic mass is 10.5. The number of nitrogens with zero attached hydrogens (tertiary/aromatic N) is 4. The molecule has 0 fully saturated rings. The third-order valence-electron chi connectivity index (χ3n) is 1.52. The van der Waals surface area contributed by atoms with Gasteiger partial charge in [0.2, 0.25) is 0 Å². The summed E-state index contributed by atoms with van der Waals surface area (Å²) in [5.41, 5.74) is 0. The van der Waals surface area contributed by atoms with Crippen molar-refractivity contribution in [2.24, 2.45) is 0 Å². The summed E-state index contributed by atoms with van der Waals surface area (Å²) in [5, 5.41) is 4.64. The molecule has 0 aliphatic rings. The highest BCUT2D eigenvalue weighted by molar-refractivity contribution is 6.30. The van der Waals surface area contributed by atoms with E-state index in [0.717, 1.165) is 5.82 Å². The van der Waals surface area contributed by atoms with Crippen LogP contribution in [0.2, 0.25) is 5.02 Å². The van der Waals surface area contributed by atoms with Crippen LogP contribution in [0.4, 0.5) is 0 Å². The predicted molar refractivity (Wildman–Crippen MR) is 48.4 cm³/mol. The Balaban J connectivity index is 2.15. The minimum atomic E-state index is 0.549. The zero-order valence-electron chi connectivity index (χ0n) is 6.76. The number of hydrogen-bond acceptors (Lipinski definition) is 3. The summed E-state index contributed by atoms with van der Waals surface area (Å²) in [6.07, 6.45) is 6.73. The van der Waals surface area contributed by atoms with E-state index < -0.39 is 0 Å². The van der Waals surface area contributed by atoms with Gasteiger partial charge in [-0.3, -0.25) is 4.68 Å². The van der Waals surface area contributed by atoms with Crippen LogP contribution in [0, 0.1) is 0 Å². The number of rotatable bonds is 2. The molecule has 66 valence electrons. The van der Waals surface area contributed by atoms with E-state index in [9.17, 15) is 0 Å². The Morgan fingerprint density at radius 1 is 1.31 bits per heavy atom. The molecule has 2 heterocycles. The Morgan fingerprint density at radius 2 is 2.08 bits per heavy atom. The van der Waals surface area contributed by atoms with Crippen molar-refractivity contribution in [1.29, 1.82) is 0 Å². The van der Waals surface area contributed by atoms with Gasteiger partial charge in [0.1, 0.15) is 12.4 Å². The molecular weight excluding hydrogens is 188 g/mol. The van der Waals surface area contributed by atoms with Gasteiger partial charge in [0.25, 0.3) is 0 Å². The molecule has 0 bridgehead atoms. The second kappa shape index (κ2) is 3.53. The highest BCUT2D eigenvalue weighted by Gasteiger charge is 1.98. The molecule has 0 saturated carbocycles. The molecule has 2 aromatic rings. The highest BCUT2D eigenvalue weighted by atomic mass is 35.5. The van der Waals surface area contributed by atoms with E-state index in [1.165, 1.54) is 0 Å². The van der Waals surface area contributed by atoms with Crippen LogP contribution in [0.3, 0.4) is 0 Å². The summed E-state index contributed by atoms with van der Waals surface area (Å²) in [5.74, 6) is 0.724. The van der Waals surface area contributed by atoms with Gasteiger partial charge in [-0.15, -0.1) is 0 Å². The van der Waals surface area contributed by atoms with Crippen LogP contribution in [-0.4, -0.2) is 19.7 Å². The van der Waals surface area contributed by atoms with Gasteiger partial charge in [-0.1, -0.05) is 11.6 Å². The molecule has 0 radical (unpaired) electrons. The van der Waals surface area contributed by atoms with Crippen LogP contribution in [0.5, 0.6) is 0 Å². The first kappa shape index (κ1) is 8.19. The Kier molecular flexibility index (Phi) is 2.23. The van der Waals surface area contributed by atoms with Crippen molar-refractivity contribution >= 4 is 11.6 Å². The molecule has 0 N–H and O–H groups in total. The van der Waals surface area contributed by atoms with Gasteiger partial charge in [0.15, 0.2) is 0 Å². The normalized spacial score (nSPS) is 10.2. The number of aromatic nitrogens is 4. The van der Waals surface area contributed by atoms with Crippen molar-refractivity contribution in [2.75, 3.05) is 0 Å². The van der Waals surface area contributed by atoms with Gasteiger partial charge in [-0.2, -0.15) is 5.10 Å². The Hall–Kier alpha value is -1.42. The molecular formula is C8H7ClN4. The Labute approximate surface area is 80.2 Å². The van der Waals surface area contributed by atoms with Gasteiger partial charge in [-0.05, 0) is 6.07 Å². The van der Waals surface area contributed by atoms with E-state index >= 15 is 0 Å². The molecule has 13 heavy (non-hydrogen) atoms. The third kappa shape index (κ3) is 2.03. The van der Waals surface area contributed by atoms with Crippen LogP contribution in [0.15, 0.2) is 30.9 Å². The minimum absolute atomic E-state index is 0.549. The third-order valence-corrected chi connectivity index (χ3v) is 1.72. The maximum atomic E-state index is 5.70. The van der Waals surface area contributed by atoms with Gasteiger partial charge in [-0.25, -0.2) is 9.97 Å². The summed E-state index contributed by atoms with van der Waals surface area (Å²) in [6.45, 7) is 0.549.